The first-order valence-electron chi connectivity index (χ1n) is 5.61. The van der Waals surface area contributed by atoms with E-state index >= 15 is 0 Å². The molecule has 0 atom stereocenters. The fraction of sp³-hybridized carbons (Fsp3) is 0.143. The molecule has 0 radical (unpaired) electrons. The molecule has 4 heteroatoms. The van der Waals surface area contributed by atoms with Crippen LogP contribution < -0.4 is 10.1 Å². The number of aromatic nitrogens is 1. The number of ether oxygens (including phenoxy) is 1. The van der Waals surface area contributed by atoms with Gasteiger partial charge in [-0.25, -0.2) is 9.78 Å². The zero-order valence-corrected chi connectivity index (χ0v) is 10.3. The Morgan fingerprint density at radius 3 is 2.50 bits per heavy atom. The molecular weight excluding hydrogens is 228 g/mol. The molecule has 1 heterocycles. The fourth-order valence-electron chi connectivity index (χ4n) is 1.45. The van der Waals surface area contributed by atoms with Crippen molar-refractivity contribution in [1.82, 2.24) is 4.98 Å². The number of nitrogens with zero attached hydrogens (tertiary/aromatic N) is 1. The molecular formula is C14H14N2O2. The van der Waals surface area contributed by atoms with Crippen molar-refractivity contribution in [3.63, 3.8) is 0 Å². The third-order valence-electron chi connectivity index (χ3n) is 2.38. The first-order valence-corrected chi connectivity index (χ1v) is 5.61. The van der Waals surface area contributed by atoms with E-state index in [9.17, 15) is 4.79 Å². The van der Waals surface area contributed by atoms with E-state index in [1.807, 2.05) is 32.0 Å². The largest absolute Gasteiger partial charge is 0.418 e. The Hall–Kier alpha value is -2.36. The summed E-state index contributed by atoms with van der Waals surface area (Å²) in [5.41, 5.74) is 2.14. The fourth-order valence-corrected chi connectivity index (χ4v) is 1.45. The van der Waals surface area contributed by atoms with Gasteiger partial charge in [-0.15, -0.1) is 0 Å². The third-order valence-corrected chi connectivity index (χ3v) is 2.38. The van der Waals surface area contributed by atoms with Crippen molar-refractivity contribution in [3.8, 4) is 5.75 Å². The molecule has 2 rings (SSSR count). The monoisotopic (exact) mass is 242 g/mol. The van der Waals surface area contributed by atoms with E-state index in [4.69, 9.17) is 4.74 Å². The van der Waals surface area contributed by atoms with Gasteiger partial charge in [0, 0.05) is 6.20 Å². The number of rotatable bonds is 2. The van der Waals surface area contributed by atoms with Crippen molar-refractivity contribution in [2.24, 2.45) is 0 Å². The van der Waals surface area contributed by atoms with Crippen LogP contribution in [0.2, 0.25) is 0 Å². The van der Waals surface area contributed by atoms with E-state index in [-0.39, 0.29) is 0 Å². The average molecular weight is 242 g/mol. The number of hydrogen-bond acceptors (Lipinski definition) is 3. The maximum Gasteiger partial charge on any atom is 0.418 e. The number of carbonyl (C=O) groups is 1. The minimum absolute atomic E-state index is 0.479. The second kappa shape index (κ2) is 5.31. The standard InChI is InChI=1S/C14H14N2O2/c1-10-3-5-12(6-4-10)18-14(17)16-13-9-11(2)7-8-15-13/h3-9H,1-2H3,(H,15,16,17). The Kier molecular flexibility index (Phi) is 3.57. The topological polar surface area (TPSA) is 51.2 Å². The van der Waals surface area contributed by atoms with Crippen LogP contribution in [0.3, 0.4) is 0 Å². The lowest BCUT2D eigenvalue weighted by Gasteiger charge is -2.06. The Morgan fingerprint density at radius 2 is 1.83 bits per heavy atom. The lowest BCUT2D eigenvalue weighted by Crippen LogP contribution is -2.17. The van der Waals surface area contributed by atoms with E-state index < -0.39 is 6.09 Å². The maximum absolute atomic E-state index is 11.6. The van der Waals surface area contributed by atoms with Crippen LogP contribution in [0.1, 0.15) is 11.1 Å². The predicted octanol–water partition coefficient (Wildman–Crippen LogP) is 3.31. The maximum atomic E-state index is 11.6. The first kappa shape index (κ1) is 12.1. The van der Waals surface area contributed by atoms with Crippen LogP contribution in [0.15, 0.2) is 42.6 Å². The minimum Gasteiger partial charge on any atom is -0.410 e. The van der Waals surface area contributed by atoms with Crippen molar-refractivity contribution < 1.29 is 9.53 Å². The van der Waals surface area contributed by atoms with Crippen molar-refractivity contribution >= 4 is 11.9 Å². The van der Waals surface area contributed by atoms with Crippen molar-refractivity contribution in [2.45, 2.75) is 13.8 Å². The SMILES string of the molecule is Cc1ccc(OC(=O)Nc2cc(C)ccn2)cc1. The molecule has 0 aliphatic heterocycles. The normalized spacial score (nSPS) is 9.89. The van der Waals surface area contributed by atoms with Crippen LogP contribution >= 0.6 is 0 Å². The van der Waals surface area contributed by atoms with Gasteiger partial charge in [0.05, 0.1) is 0 Å². The van der Waals surface area contributed by atoms with Gasteiger partial charge in [-0.2, -0.15) is 0 Å². The molecule has 92 valence electrons. The van der Waals surface area contributed by atoms with Gasteiger partial charge in [-0.05, 0) is 43.7 Å². The van der Waals surface area contributed by atoms with Gasteiger partial charge >= 0.3 is 6.09 Å². The number of benzene rings is 1. The Morgan fingerprint density at radius 1 is 1.11 bits per heavy atom. The first-order chi connectivity index (χ1) is 8.63. The van der Waals surface area contributed by atoms with Gasteiger partial charge in [0.1, 0.15) is 11.6 Å². The van der Waals surface area contributed by atoms with Crippen molar-refractivity contribution in [1.29, 1.82) is 0 Å². The van der Waals surface area contributed by atoms with Gasteiger partial charge < -0.3 is 4.74 Å². The number of amides is 1. The summed E-state index contributed by atoms with van der Waals surface area (Å²) < 4.78 is 5.12. The highest BCUT2D eigenvalue weighted by atomic mass is 16.6. The highest BCUT2D eigenvalue weighted by molar-refractivity contribution is 5.85. The van der Waals surface area contributed by atoms with Gasteiger partial charge in [0.15, 0.2) is 0 Å². The quantitative estimate of drug-likeness (QED) is 0.879. The second-order valence-electron chi connectivity index (χ2n) is 4.05. The molecule has 0 unspecified atom stereocenters. The Labute approximate surface area is 106 Å². The summed E-state index contributed by atoms with van der Waals surface area (Å²) in [7, 11) is 0. The molecule has 1 N–H and O–H groups in total. The Balaban J connectivity index is 1.98. The summed E-state index contributed by atoms with van der Waals surface area (Å²) in [6.45, 7) is 3.90. The lowest BCUT2D eigenvalue weighted by molar-refractivity contribution is 0.215. The molecule has 0 aliphatic rings. The molecule has 1 amide bonds. The van der Waals surface area contributed by atoms with Crippen LogP contribution in [-0.4, -0.2) is 11.1 Å². The zero-order chi connectivity index (χ0) is 13.0. The number of pyridine rings is 1. The summed E-state index contributed by atoms with van der Waals surface area (Å²) in [6.07, 6.45) is 1.09. The molecule has 1 aromatic heterocycles. The molecule has 18 heavy (non-hydrogen) atoms. The van der Waals surface area contributed by atoms with Gasteiger partial charge in [-0.1, -0.05) is 17.7 Å². The average Bonchev–Trinajstić information content (AvgIpc) is 2.32. The summed E-state index contributed by atoms with van der Waals surface area (Å²) >= 11 is 0. The van der Waals surface area contributed by atoms with Crippen LogP contribution in [0.5, 0.6) is 5.75 Å². The molecule has 4 nitrogen and oxygen atoms in total. The highest BCUT2D eigenvalue weighted by Crippen LogP contribution is 2.12. The van der Waals surface area contributed by atoms with Gasteiger partial charge in [0.2, 0.25) is 0 Å². The summed E-state index contributed by atoms with van der Waals surface area (Å²) in [5.74, 6) is 0.984. The predicted molar refractivity (Wildman–Crippen MR) is 69.8 cm³/mol. The molecule has 2 aromatic rings. The van der Waals surface area contributed by atoms with Crippen LogP contribution in [0.25, 0.3) is 0 Å². The van der Waals surface area contributed by atoms with Crippen molar-refractivity contribution in [3.05, 3.63) is 53.7 Å². The number of aryl methyl sites for hydroxylation is 2. The Bertz CT molecular complexity index is 550. The van der Waals surface area contributed by atoms with Gasteiger partial charge in [0.25, 0.3) is 0 Å². The van der Waals surface area contributed by atoms with E-state index in [1.54, 1.807) is 24.4 Å². The summed E-state index contributed by atoms with van der Waals surface area (Å²) in [4.78, 5) is 15.6. The molecule has 0 aliphatic carbocycles. The number of hydrogen-bond donors (Lipinski definition) is 1. The number of carbonyl (C=O) groups excluding carboxylic acids is 1. The van der Waals surface area contributed by atoms with Gasteiger partial charge in [-0.3, -0.25) is 5.32 Å². The van der Waals surface area contributed by atoms with Crippen LogP contribution in [0.4, 0.5) is 10.6 Å². The second-order valence-corrected chi connectivity index (χ2v) is 4.05. The van der Waals surface area contributed by atoms with Crippen LogP contribution in [0, 0.1) is 13.8 Å². The van der Waals surface area contributed by atoms with Crippen LogP contribution in [-0.2, 0) is 0 Å². The molecule has 0 saturated carbocycles. The minimum atomic E-state index is -0.544. The molecule has 0 fully saturated rings. The summed E-state index contributed by atoms with van der Waals surface area (Å²) in [5, 5.41) is 2.57. The summed E-state index contributed by atoms with van der Waals surface area (Å²) in [6, 6.07) is 10.9. The zero-order valence-electron chi connectivity index (χ0n) is 10.3. The van der Waals surface area contributed by atoms with E-state index in [1.165, 1.54) is 0 Å². The molecule has 0 saturated heterocycles. The van der Waals surface area contributed by atoms with Crippen molar-refractivity contribution in [2.75, 3.05) is 5.32 Å². The number of nitrogens with one attached hydrogen (secondary N) is 1. The molecule has 0 spiro atoms. The van der Waals surface area contributed by atoms with E-state index in [2.05, 4.69) is 10.3 Å². The van der Waals surface area contributed by atoms with E-state index in [0.29, 0.717) is 11.6 Å². The highest BCUT2D eigenvalue weighted by Gasteiger charge is 2.05. The molecule has 1 aromatic carbocycles. The number of anilines is 1. The lowest BCUT2D eigenvalue weighted by atomic mass is 10.2. The smallest absolute Gasteiger partial charge is 0.410 e. The third kappa shape index (κ3) is 3.31. The molecule has 0 bridgehead atoms. The van der Waals surface area contributed by atoms with E-state index in [0.717, 1.165) is 11.1 Å².